The van der Waals surface area contributed by atoms with Gasteiger partial charge in [0.05, 0.1) is 17.7 Å². The van der Waals surface area contributed by atoms with Crippen LogP contribution < -0.4 is 16.4 Å². The molecule has 27 heavy (non-hydrogen) atoms. The van der Waals surface area contributed by atoms with Gasteiger partial charge >= 0.3 is 6.18 Å². The lowest BCUT2D eigenvalue weighted by molar-refractivity contribution is -0.137. The molecule has 8 nitrogen and oxygen atoms in total. The molecule has 5 N–H and O–H groups in total. The van der Waals surface area contributed by atoms with Crippen LogP contribution in [0.3, 0.4) is 0 Å². The average Bonchev–Trinajstić information content (AvgIpc) is 2.60. The third kappa shape index (κ3) is 4.84. The molecule has 0 saturated heterocycles. The van der Waals surface area contributed by atoms with E-state index in [0.29, 0.717) is 10.6 Å². The van der Waals surface area contributed by atoms with Crippen LogP contribution in [0.5, 0.6) is 0 Å². The molecule has 0 saturated carbocycles. The minimum Gasteiger partial charge on any atom is -0.368 e. The van der Waals surface area contributed by atoms with Crippen LogP contribution in [0.25, 0.3) is 0 Å². The number of amides is 1. The fourth-order valence-corrected chi connectivity index (χ4v) is 2.96. The van der Waals surface area contributed by atoms with E-state index in [1.165, 1.54) is 28.8 Å². The number of benzene rings is 1. The number of primary amides is 1. The highest BCUT2D eigenvalue weighted by molar-refractivity contribution is 7.98. The van der Waals surface area contributed by atoms with Crippen LogP contribution in [-0.4, -0.2) is 28.7 Å². The van der Waals surface area contributed by atoms with Crippen molar-refractivity contribution < 1.29 is 18.0 Å². The van der Waals surface area contributed by atoms with Crippen molar-refractivity contribution in [3.05, 3.63) is 35.4 Å². The van der Waals surface area contributed by atoms with Gasteiger partial charge in [-0.2, -0.15) is 23.3 Å². The molecule has 0 bridgehead atoms. The van der Waals surface area contributed by atoms with Gasteiger partial charge in [0.25, 0.3) is 0 Å². The van der Waals surface area contributed by atoms with E-state index in [4.69, 9.17) is 17.0 Å². The summed E-state index contributed by atoms with van der Waals surface area (Å²) in [7, 11) is 0. The minimum absolute atomic E-state index is 0.0417. The summed E-state index contributed by atoms with van der Waals surface area (Å²) in [6.45, 7) is -0.587. The third-order valence-corrected chi connectivity index (χ3v) is 4.17. The Bertz CT molecular complexity index is 860. The number of alkyl halides is 3. The van der Waals surface area contributed by atoms with E-state index < -0.39 is 24.2 Å². The molecule has 1 heterocycles. The highest BCUT2D eigenvalue weighted by Crippen LogP contribution is 2.36. The summed E-state index contributed by atoms with van der Waals surface area (Å²) >= 11 is 1.21. The number of halogens is 3. The van der Waals surface area contributed by atoms with Crippen molar-refractivity contribution in [3.8, 4) is 0 Å². The summed E-state index contributed by atoms with van der Waals surface area (Å²) in [5.74, 6) is -0.852. The molecule has 12 heteroatoms. The largest absolute Gasteiger partial charge is 0.416 e. The van der Waals surface area contributed by atoms with E-state index in [2.05, 4.69) is 15.1 Å². The second-order valence-electron chi connectivity index (χ2n) is 5.31. The smallest absolute Gasteiger partial charge is 0.368 e. The number of hydrogen-bond donors (Lipinski definition) is 3. The van der Waals surface area contributed by atoms with E-state index >= 15 is 0 Å². The number of thioether (sulfide) groups is 1. The van der Waals surface area contributed by atoms with Gasteiger partial charge in [0.2, 0.25) is 11.9 Å². The first-order valence-electron chi connectivity index (χ1n) is 7.44. The summed E-state index contributed by atoms with van der Waals surface area (Å²) in [5, 5.41) is 3.71. The summed E-state index contributed by atoms with van der Waals surface area (Å²) < 4.78 is 39.2. The molecule has 0 radical (unpaired) electrons. The molecule has 1 aromatic carbocycles. The molecule has 0 fully saturated rings. The molecular weight excluding hydrogens is 383 g/mol. The van der Waals surface area contributed by atoms with Crippen LogP contribution in [0.1, 0.15) is 11.1 Å². The van der Waals surface area contributed by atoms with Gasteiger partial charge in [-0.05, 0) is 24.5 Å². The summed E-state index contributed by atoms with van der Waals surface area (Å²) in [6.07, 6.45) is -2.86. The van der Waals surface area contributed by atoms with E-state index in [1.54, 1.807) is 6.26 Å². The predicted octanol–water partition coefficient (Wildman–Crippen LogP) is 2.95. The zero-order chi connectivity index (χ0) is 20.2. The Morgan fingerprint density at radius 2 is 2.07 bits per heavy atom. The lowest BCUT2D eigenvalue weighted by Crippen LogP contribution is -2.32. The zero-order valence-electron chi connectivity index (χ0n) is 14.1. The van der Waals surface area contributed by atoms with Gasteiger partial charge in [-0.15, -0.1) is 11.8 Å². The quantitative estimate of drug-likeness (QED) is 0.372. The number of nitrogen functional groups attached to an aromatic ring is 1. The van der Waals surface area contributed by atoms with Crippen LogP contribution in [0.2, 0.25) is 0 Å². The number of anilines is 3. The van der Waals surface area contributed by atoms with Crippen molar-refractivity contribution in [2.45, 2.75) is 17.7 Å². The fourth-order valence-electron chi connectivity index (χ4n) is 2.37. The molecule has 0 aliphatic carbocycles. The summed E-state index contributed by atoms with van der Waals surface area (Å²) in [5.41, 5.74) is 17.6. The Morgan fingerprint density at radius 1 is 1.37 bits per heavy atom. The fraction of sp³-hybridized carbons (Fsp3) is 0.267. The number of carbonyl (C=O) groups excluding carboxylic acids is 1. The van der Waals surface area contributed by atoms with Gasteiger partial charge in [-0.25, -0.2) is 10.5 Å². The highest BCUT2D eigenvalue weighted by Gasteiger charge is 2.31. The molecule has 0 atom stereocenters. The molecule has 0 unspecified atom stereocenters. The van der Waals surface area contributed by atoms with Crippen molar-refractivity contribution in [2.24, 2.45) is 10.8 Å². The van der Waals surface area contributed by atoms with Gasteiger partial charge < -0.3 is 16.4 Å². The Hall–Kier alpha value is -2.89. The number of nitrogens with two attached hydrogens (primary N) is 2. The van der Waals surface area contributed by atoms with Crippen molar-refractivity contribution in [1.29, 1.82) is 5.53 Å². The van der Waals surface area contributed by atoms with Crippen LogP contribution in [-0.2, 0) is 17.5 Å². The first kappa shape index (κ1) is 20.4. The highest BCUT2D eigenvalue weighted by atomic mass is 32.2. The monoisotopic (exact) mass is 399 g/mol. The second-order valence-corrected chi connectivity index (χ2v) is 6.10. The zero-order valence-corrected chi connectivity index (χ0v) is 14.9. The van der Waals surface area contributed by atoms with Crippen molar-refractivity contribution in [1.82, 2.24) is 9.97 Å². The van der Waals surface area contributed by atoms with Crippen LogP contribution >= 0.6 is 11.8 Å². The van der Waals surface area contributed by atoms with Gasteiger partial charge in [-0.1, -0.05) is 6.07 Å². The number of nitrogens with one attached hydrogen (secondary N) is 1. The van der Waals surface area contributed by atoms with E-state index in [9.17, 15) is 18.0 Å². The standard InChI is InChI=1S/C15H16F3N7OS/c1-27-13-10(6-22-21)12(23-14(20)24-13)25(7-11(19)26)9-4-2-3-8(5-9)15(16,17)18/h2-5,21H,6-7H2,1H3,(H2,19,26)(H2,20,23,24). The van der Waals surface area contributed by atoms with Crippen molar-refractivity contribution >= 4 is 35.1 Å². The maximum atomic E-state index is 13.1. The van der Waals surface area contributed by atoms with Crippen LogP contribution in [0.4, 0.5) is 30.6 Å². The predicted molar refractivity (Wildman–Crippen MR) is 94.7 cm³/mol. The first-order valence-corrected chi connectivity index (χ1v) is 8.66. The molecule has 1 amide bonds. The maximum absolute atomic E-state index is 13.1. The summed E-state index contributed by atoms with van der Waals surface area (Å²) in [6, 6.07) is 4.38. The van der Waals surface area contributed by atoms with Crippen LogP contribution in [0, 0.1) is 5.53 Å². The van der Waals surface area contributed by atoms with E-state index in [1.807, 2.05) is 0 Å². The molecular formula is C15H16F3N7OS. The Morgan fingerprint density at radius 3 is 2.63 bits per heavy atom. The second kappa shape index (κ2) is 8.20. The summed E-state index contributed by atoms with van der Waals surface area (Å²) in [4.78, 5) is 20.9. The lowest BCUT2D eigenvalue weighted by atomic mass is 10.1. The van der Waals surface area contributed by atoms with Crippen molar-refractivity contribution in [3.63, 3.8) is 0 Å². The average molecular weight is 399 g/mol. The number of hydrogen-bond acceptors (Lipinski definition) is 8. The molecule has 2 aromatic rings. The van der Waals surface area contributed by atoms with Gasteiger partial charge in [0.15, 0.2) is 0 Å². The molecule has 0 aliphatic rings. The SMILES string of the molecule is CSc1nc(N)nc(N(CC(N)=O)c2cccc(C(F)(F)F)c2)c1CN=N. The molecule has 2 rings (SSSR count). The Kier molecular flexibility index (Phi) is 6.20. The third-order valence-electron chi connectivity index (χ3n) is 3.45. The Balaban J connectivity index is 2.70. The number of carbonyl (C=O) groups is 1. The van der Waals surface area contributed by atoms with E-state index in [-0.39, 0.29) is 24.0 Å². The van der Waals surface area contributed by atoms with Gasteiger partial charge in [-0.3, -0.25) is 4.79 Å². The molecule has 0 spiro atoms. The normalized spacial score (nSPS) is 11.3. The van der Waals surface area contributed by atoms with Crippen molar-refractivity contribution in [2.75, 3.05) is 23.4 Å². The number of aromatic nitrogens is 2. The minimum atomic E-state index is -4.57. The number of rotatable bonds is 7. The van der Waals surface area contributed by atoms with E-state index in [0.717, 1.165) is 12.1 Å². The lowest BCUT2D eigenvalue weighted by Gasteiger charge is -2.26. The Labute approximate surface area is 156 Å². The molecule has 0 aliphatic heterocycles. The molecule has 144 valence electrons. The topological polar surface area (TPSA) is 134 Å². The van der Waals surface area contributed by atoms with Gasteiger partial charge in [0, 0.05) is 5.69 Å². The van der Waals surface area contributed by atoms with Gasteiger partial charge in [0.1, 0.15) is 17.4 Å². The maximum Gasteiger partial charge on any atom is 0.416 e. The van der Waals surface area contributed by atoms with Crippen LogP contribution in [0.15, 0.2) is 34.4 Å². The first-order chi connectivity index (χ1) is 12.7. The molecule has 1 aromatic heterocycles. The number of nitrogens with zero attached hydrogens (tertiary/aromatic N) is 4.